The second-order valence-electron chi connectivity index (χ2n) is 6.27. The highest BCUT2D eigenvalue weighted by molar-refractivity contribution is 5.76. The lowest BCUT2D eigenvalue weighted by molar-refractivity contribution is 0.164. The molecule has 1 aromatic carbocycles. The van der Waals surface area contributed by atoms with Crippen molar-refractivity contribution in [1.29, 1.82) is 0 Å². The Kier molecular flexibility index (Phi) is 4.04. The largest absolute Gasteiger partial charge is 0.351 e. The molecule has 1 fully saturated rings. The van der Waals surface area contributed by atoms with Crippen LogP contribution in [0.4, 0.5) is 4.79 Å². The molecule has 2 aromatic rings. The second kappa shape index (κ2) is 6.00. The molecule has 1 aliphatic rings. The van der Waals surface area contributed by atoms with E-state index in [0.29, 0.717) is 0 Å². The summed E-state index contributed by atoms with van der Waals surface area (Å²) in [7, 11) is 0. The van der Waals surface area contributed by atoms with Crippen LogP contribution < -0.4 is 16.7 Å². The van der Waals surface area contributed by atoms with Gasteiger partial charge in [-0.25, -0.2) is 9.59 Å². The van der Waals surface area contributed by atoms with E-state index in [-0.39, 0.29) is 12.0 Å². The SMILES string of the molecule is CC1CC(NC(=O)n2nc[nH]c2=O)(c2ccccc2)CCC1N. The van der Waals surface area contributed by atoms with Crippen molar-refractivity contribution in [2.75, 3.05) is 0 Å². The van der Waals surface area contributed by atoms with Crippen LogP contribution in [0.15, 0.2) is 41.5 Å². The minimum atomic E-state index is -0.550. The highest BCUT2D eigenvalue weighted by Gasteiger charge is 2.41. The summed E-state index contributed by atoms with van der Waals surface area (Å²) in [5.41, 5.74) is 6.08. The zero-order chi connectivity index (χ0) is 16.4. The number of rotatable bonds is 2. The Bertz CT molecular complexity index is 738. The molecule has 0 saturated heterocycles. The molecule has 0 spiro atoms. The molecule has 7 heteroatoms. The first kappa shape index (κ1) is 15.5. The molecule has 1 amide bonds. The Labute approximate surface area is 133 Å². The number of hydrogen-bond acceptors (Lipinski definition) is 4. The molecule has 3 rings (SSSR count). The van der Waals surface area contributed by atoms with Gasteiger partial charge in [0, 0.05) is 6.04 Å². The van der Waals surface area contributed by atoms with E-state index in [1.807, 2.05) is 30.3 Å². The number of aromatic nitrogens is 3. The van der Waals surface area contributed by atoms with Gasteiger partial charge in [-0.1, -0.05) is 37.3 Å². The van der Waals surface area contributed by atoms with E-state index in [2.05, 4.69) is 22.3 Å². The van der Waals surface area contributed by atoms with Gasteiger partial charge in [-0.3, -0.25) is 4.98 Å². The van der Waals surface area contributed by atoms with E-state index >= 15 is 0 Å². The van der Waals surface area contributed by atoms with Crippen LogP contribution in [0.25, 0.3) is 0 Å². The predicted octanol–water partition coefficient (Wildman–Crippen LogP) is 1.17. The number of nitrogens with two attached hydrogens (primary N) is 1. The van der Waals surface area contributed by atoms with Crippen LogP contribution in [0.5, 0.6) is 0 Å². The summed E-state index contributed by atoms with van der Waals surface area (Å²) in [6.45, 7) is 2.09. The van der Waals surface area contributed by atoms with E-state index < -0.39 is 17.3 Å². The molecule has 0 radical (unpaired) electrons. The van der Waals surface area contributed by atoms with Gasteiger partial charge in [0.2, 0.25) is 0 Å². The van der Waals surface area contributed by atoms with Crippen molar-refractivity contribution in [3.05, 3.63) is 52.7 Å². The Morgan fingerprint density at radius 1 is 1.43 bits per heavy atom. The van der Waals surface area contributed by atoms with E-state index in [1.165, 1.54) is 6.33 Å². The quantitative estimate of drug-likeness (QED) is 0.773. The van der Waals surface area contributed by atoms with Gasteiger partial charge in [0.05, 0.1) is 5.54 Å². The molecule has 4 N–H and O–H groups in total. The second-order valence-corrected chi connectivity index (χ2v) is 6.27. The molecule has 7 nitrogen and oxygen atoms in total. The average molecular weight is 315 g/mol. The lowest BCUT2D eigenvalue weighted by atomic mass is 9.70. The number of nitrogens with one attached hydrogen (secondary N) is 2. The number of hydrogen-bond donors (Lipinski definition) is 3. The van der Waals surface area contributed by atoms with Crippen molar-refractivity contribution < 1.29 is 4.79 Å². The molecule has 0 bridgehead atoms. The molecule has 0 aliphatic heterocycles. The summed E-state index contributed by atoms with van der Waals surface area (Å²) in [4.78, 5) is 26.5. The fourth-order valence-corrected chi connectivity index (χ4v) is 3.36. The van der Waals surface area contributed by atoms with Gasteiger partial charge in [0.1, 0.15) is 6.33 Å². The van der Waals surface area contributed by atoms with Crippen molar-refractivity contribution in [1.82, 2.24) is 20.1 Å². The van der Waals surface area contributed by atoms with Gasteiger partial charge >= 0.3 is 11.7 Å². The van der Waals surface area contributed by atoms with Gasteiger partial charge in [-0.15, -0.1) is 9.78 Å². The van der Waals surface area contributed by atoms with Crippen molar-refractivity contribution in [2.24, 2.45) is 11.7 Å². The molecule has 1 heterocycles. The van der Waals surface area contributed by atoms with Gasteiger partial charge in [-0.05, 0) is 30.7 Å². The molecule has 3 atom stereocenters. The van der Waals surface area contributed by atoms with Crippen LogP contribution >= 0.6 is 0 Å². The first-order valence-electron chi connectivity index (χ1n) is 7.78. The molecular weight excluding hydrogens is 294 g/mol. The van der Waals surface area contributed by atoms with Gasteiger partial charge in [-0.2, -0.15) is 0 Å². The summed E-state index contributed by atoms with van der Waals surface area (Å²) in [5.74, 6) is 0.264. The maximum atomic E-state index is 12.5. The van der Waals surface area contributed by atoms with Crippen LogP contribution in [0.1, 0.15) is 31.7 Å². The Hall–Kier alpha value is -2.41. The molecule has 1 aliphatic carbocycles. The van der Waals surface area contributed by atoms with Crippen LogP contribution in [-0.4, -0.2) is 26.8 Å². The number of carbonyl (C=O) groups is 1. The lowest BCUT2D eigenvalue weighted by Gasteiger charge is -2.43. The molecule has 122 valence electrons. The van der Waals surface area contributed by atoms with Crippen LogP contribution in [-0.2, 0) is 5.54 Å². The zero-order valence-electron chi connectivity index (χ0n) is 13.0. The van der Waals surface area contributed by atoms with Gasteiger partial charge < -0.3 is 11.1 Å². The molecular formula is C16H21N5O2. The number of amides is 1. The minimum Gasteiger partial charge on any atom is -0.327 e. The Balaban J connectivity index is 1.95. The van der Waals surface area contributed by atoms with Crippen LogP contribution in [0, 0.1) is 5.92 Å². The third-order valence-corrected chi connectivity index (χ3v) is 4.72. The monoisotopic (exact) mass is 315 g/mol. The van der Waals surface area contributed by atoms with Crippen molar-refractivity contribution in [3.8, 4) is 0 Å². The normalized spacial score (nSPS) is 27.6. The Morgan fingerprint density at radius 2 is 2.17 bits per heavy atom. The van der Waals surface area contributed by atoms with Crippen molar-refractivity contribution in [2.45, 2.75) is 37.8 Å². The standard InChI is InChI=1S/C16H21N5O2/c1-11-9-16(8-7-13(11)17,12-5-3-2-4-6-12)20-15(23)21-14(22)18-10-19-21/h2-6,10-11,13H,7-9,17H2,1H3,(H,20,23)(H,18,19,22). The van der Waals surface area contributed by atoms with E-state index in [9.17, 15) is 9.59 Å². The fourth-order valence-electron chi connectivity index (χ4n) is 3.36. The minimum absolute atomic E-state index is 0.122. The van der Waals surface area contributed by atoms with E-state index in [1.54, 1.807) is 0 Å². The highest BCUT2D eigenvalue weighted by Crippen LogP contribution is 2.39. The summed E-state index contributed by atoms with van der Waals surface area (Å²) in [6, 6.07) is 9.43. The molecule has 1 saturated carbocycles. The van der Waals surface area contributed by atoms with Crippen LogP contribution in [0.2, 0.25) is 0 Å². The summed E-state index contributed by atoms with van der Waals surface area (Å²) >= 11 is 0. The van der Waals surface area contributed by atoms with E-state index in [4.69, 9.17) is 5.73 Å². The Morgan fingerprint density at radius 3 is 2.78 bits per heavy atom. The molecule has 3 unspecified atom stereocenters. The van der Waals surface area contributed by atoms with Gasteiger partial charge in [0.25, 0.3) is 0 Å². The molecule has 1 aromatic heterocycles. The summed E-state index contributed by atoms with van der Waals surface area (Å²) < 4.78 is 0.809. The molecule has 23 heavy (non-hydrogen) atoms. The maximum Gasteiger partial charge on any atom is 0.351 e. The number of benzene rings is 1. The van der Waals surface area contributed by atoms with E-state index in [0.717, 1.165) is 29.5 Å². The average Bonchev–Trinajstić information content (AvgIpc) is 2.98. The van der Waals surface area contributed by atoms with Gasteiger partial charge in [0.15, 0.2) is 0 Å². The summed E-state index contributed by atoms with van der Waals surface area (Å²) in [5, 5.41) is 6.78. The fraction of sp³-hybridized carbons (Fsp3) is 0.438. The highest BCUT2D eigenvalue weighted by atomic mass is 16.2. The lowest BCUT2D eigenvalue weighted by Crippen LogP contribution is -2.54. The smallest absolute Gasteiger partial charge is 0.327 e. The van der Waals surface area contributed by atoms with Crippen molar-refractivity contribution in [3.63, 3.8) is 0 Å². The third kappa shape index (κ3) is 2.92. The number of aromatic amines is 1. The maximum absolute atomic E-state index is 12.5. The number of carbonyl (C=O) groups excluding carboxylic acids is 1. The summed E-state index contributed by atoms with van der Waals surface area (Å²) in [6.07, 6.45) is 3.47. The predicted molar refractivity (Wildman–Crippen MR) is 85.9 cm³/mol. The number of nitrogens with zero attached hydrogens (tertiary/aromatic N) is 2. The third-order valence-electron chi connectivity index (χ3n) is 4.72. The zero-order valence-corrected chi connectivity index (χ0v) is 13.0. The van der Waals surface area contributed by atoms with Crippen LogP contribution in [0.3, 0.4) is 0 Å². The van der Waals surface area contributed by atoms with Crippen molar-refractivity contribution >= 4 is 6.03 Å². The topological polar surface area (TPSA) is 106 Å². The first-order valence-corrected chi connectivity index (χ1v) is 7.78. The number of H-pyrrole nitrogens is 1. The first-order chi connectivity index (χ1) is 11.0.